The molecule has 0 aromatic heterocycles. The highest BCUT2D eigenvalue weighted by Gasteiger charge is 2.71. The summed E-state index contributed by atoms with van der Waals surface area (Å²) in [6.07, 6.45) is 12.8. The van der Waals surface area contributed by atoms with Crippen molar-refractivity contribution in [1.82, 2.24) is 10.2 Å². The van der Waals surface area contributed by atoms with Gasteiger partial charge in [0.2, 0.25) is 0 Å². The monoisotopic (exact) mass is 691 g/mol. The van der Waals surface area contributed by atoms with Crippen molar-refractivity contribution in [2.75, 3.05) is 37.7 Å². The molecule has 1 aliphatic heterocycles. The Morgan fingerprint density at radius 3 is 2.33 bits per heavy atom. The zero-order chi connectivity index (χ0) is 35.2. The van der Waals surface area contributed by atoms with Gasteiger partial charge in [-0.2, -0.15) is 0 Å². The first-order valence-electron chi connectivity index (χ1n) is 19.1. The Balaban J connectivity index is 1.15. The molecule has 1 aromatic carbocycles. The molecule has 7 rings (SSSR count). The Morgan fingerprint density at radius 1 is 0.980 bits per heavy atom. The number of carbonyl (C=O) groups is 1. The smallest absolute Gasteiger partial charge is 0.335 e. The van der Waals surface area contributed by atoms with Crippen LogP contribution < -0.4 is 11.1 Å². The van der Waals surface area contributed by atoms with Gasteiger partial charge in [-0.05, 0) is 134 Å². The molecule has 4 N–H and O–H groups in total. The summed E-state index contributed by atoms with van der Waals surface area (Å²) in [5.41, 5.74) is 12.2. The van der Waals surface area contributed by atoms with Crippen molar-refractivity contribution in [3.8, 4) is 0 Å². The van der Waals surface area contributed by atoms with E-state index in [1.807, 2.05) is 12.1 Å². The molecular weight excluding hydrogens is 631 g/mol. The number of rotatable bonds is 7. The van der Waals surface area contributed by atoms with Crippen LogP contribution in [0.2, 0.25) is 0 Å². The van der Waals surface area contributed by atoms with Gasteiger partial charge in [0.05, 0.1) is 17.1 Å². The van der Waals surface area contributed by atoms with Gasteiger partial charge in [0.25, 0.3) is 0 Å². The average Bonchev–Trinajstić information content (AvgIpc) is 3.42. The van der Waals surface area contributed by atoms with Crippen LogP contribution in [-0.2, 0) is 9.84 Å². The number of hydrogen-bond acceptors (Lipinski definition) is 6. The predicted octanol–water partition coefficient (Wildman–Crippen LogP) is 6.80. The third-order valence-electron chi connectivity index (χ3n) is 15.9. The second-order valence-electron chi connectivity index (χ2n) is 18.3. The van der Waals surface area contributed by atoms with Crippen molar-refractivity contribution in [2.45, 2.75) is 103 Å². The summed E-state index contributed by atoms with van der Waals surface area (Å²) in [4.78, 5) is 13.9. The van der Waals surface area contributed by atoms with Crippen LogP contribution in [-0.4, -0.2) is 73.2 Å². The van der Waals surface area contributed by atoms with E-state index in [0.717, 1.165) is 50.8 Å². The first-order chi connectivity index (χ1) is 23.0. The second-order valence-corrected chi connectivity index (χ2v) is 20.6. The van der Waals surface area contributed by atoms with Gasteiger partial charge >= 0.3 is 5.97 Å². The zero-order valence-electron chi connectivity index (χ0n) is 30.7. The molecular formula is C41H61N3O4S. The van der Waals surface area contributed by atoms with Crippen LogP contribution in [0.4, 0.5) is 0 Å². The summed E-state index contributed by atoms with van der Waals surface area (Å²) in [5.74, 6) is 2.18. The lowest BCUT2D eigenvalue weighted by molar-refractivity contribution is -0.186. The fourth-order valence-electron chi connectivity index (χ4n) is 13.5. The molecule has 0 bridgehead atoms. The number of aromatic carboxylic acids is 1. The summed E-state index contributed by atoms with van der Waals surface area (Å²) < 4.78 is 24.0. The molecule has 4 saturated carbocycles. The lowest BCUT2D eigenvalue weighted by atomic mass is 9.34. The third kappa shape index (κ3) is 5.44. The average molecular weight is 692 g/mol. The Hall–Kier alpha value is -2.00. The van der Waals surface area contributed by atoms with Gasteiger partial charge in [0, 0.05) is 37.3 Å². The van der Waals surface area contributed by atoms with Crippen molar-refractivity contribution in [2.24, 2.45) is 51.6 Å². The Morgan fingerprint density at radius 2 is 1.67 bits per heavy atom. The second kappa shape index (κ2) is 12.0. The molecule has 6 aliphatic rings. The van der Waals surface area contributed by atoms with Gasteiger partial charge in [0.15, 0.2) is 9.84 Å². The predicted molar refractivity (Wildman–Crippen MR) is 198 cm³/mol. The molecule has 0 amide bonds. The normalized spacial score (nSPS) is 42.6. The first-order valence-corrected chi connectivity index (χ1v) is 21.0. The van der Waals surface area contributed by atoms with E-state index < -0.39 is 15.8 Å². The molecule has 270 valence electrons. The molecule has 9 atom stereocenters. The van der Waals surface area contributed by atoms with E-state index in [-0.39, 0.29) is 38.8 Å². The minimum Gasteiger partial charge on any atom is -0.478 e. The van der Waals surface area contributed by atoms with E-state index in [1.54, 1.807) is 12.1 Å². The van der Waals surface area contributed by atoms with Gasteiger partial charge in [-0.15, -0.1) is 0 Å². The number of allylic oxidation sites excluding steroid dienone is 3. The maximum Gasteiger partial charge on any atom is 0.335 e. The Labute approximate surface area is 295 Å². The lowest BCUT2D eigenvalue weighted by Crippen LogP contribution is -2.75. The summed E-state index contributed by atoms with van der Waals surface area (Å²) in [7, 11) is -2.87. The molecule has 0 spiro atoms. The molecule has 7 nitrogen and oxygen atoms in total. The van der Waals surface area contributed by atoms with E-state index in [9.17, 15) is 18.3 Å². The van der Waals surface area contributed by atoms with Crippen LogP contribution in [0.25, 0.3) is 5.57 Å². The number of fused-ring (bicyclic) bond motifs is 7. The van der Waals surface area contributed by atoms with Gasteiger partial charge in [-0.1, -0.05) is 58.1 Å². The largest absolute Gasteiger partial charge is 0.478 e. The first kappa shape index (κ1) is 35.4. The standard InChI is InChI=1S/C41H61N3O4S/c1-27(2)30-13-18-40(43-21-22-44-23-25-49(47,48)26-24-44)19-20-41(42)32(35(30)40)11-12-34-38(5)16-14-31(28-7-9-29(10-8-28)36(45)46)37(3,4)33(38)15-17-39(34,41)6/h7-10,14,30,32-35,43H,1,11-13,15-26,42H2,2-6H3,(H,45,46)/t30-,32+,33-,34+,35+,38-,39+,40?,41-/m0/s1. The molecule has 1 aromatic rings. The molecule has 1 saturated heterocycles. The molecule has 5 aliphatic carbocycles. The molecule has 8 heteroatoms. The van der Waals surface area contributed by atoms with E-state index in [0.29, 0.717) is 48.2 Å². The van der Waals surface area contributed by atoms with Crippen LogP contribution in [0.5, 0.6) is 0 Å². The van der Waals surface area contributed by atoms with Gasteiger partial charge in [0.1, 0.15) is 0 Å². The van der Waals surface area contributed by atoms with Crippen molar-refractivity contribution in [3.05, 3.63) is 53.6 Å². The van der Waals surface area contributed by atoms with Crippen LogP contribution in [0, 0.1) is 45.8 Å². The SMILES string of the molecule is C=C(C)[C@@H]1CCC2(NCCN3CCS(=O)(=O)CC3)CC[C@]3(N)[C@H](CC[C@@H]4[C@@]5(C)CC=C(c6ccc(C(=O)O)cc6)C(C)(C)[C@@H]5CC[C@]43C)[C@@H]12. The fraction of sp³-hybridized carbons (Fsp3) is 0.732. The maximum absolute atomic E-state index is 12.0. The number of nitrogens with zero attached hydrogens (tertiary/aromatic N) is 1. The number of hydrogen-bond donors (Lipinski definition) is 3. The number of nitrogens with two attached hydrogens (primary N) is 1. The minimum atomic E-state index is -2.87. The fourth-order valence-corrected chi connectivity index (χ4v) is 14.7. The Kier molecular flexibility index (Phi) is 8.69. The summed E-state index contributed by atoms with van der Waals surface area (Å²) in [6, 6.07) is 7.51. The highest BCUT2D eigenvalue weighted by molar-refractivity contribution is 7.91. The number of nitrogens with one attached hydrogen (secondary N) is 1. The molecule has 5 fully saturated rings. The summed E-state index contributed by atoms with van der Waals surface area (Å²) >= 11 is 0. The highest BCUT2D eigenvalue weighted by atomic mass is 32.2. The van der Waals surface area contributed by atoms with E-state index >= 15 is 0 Å². The molecule has 0 radical (unpaired) electrons. The topological polar surface area (TPSA) is 113 Å². The van der Waals surface area contributed by atoms with E-state index in [2.05, 4.69) is 57.5 Å². The lowest BCUT2D eigenvalue weighted by Gasteiger charge is -2.72. The van der Waals surface area contributed by atoms with Gasteiger partial charge in [-0.25, -0.2) is 13.2 Å². The summed E-state index contributed by atoms with van der Waals surface area (Å²) in [6.45, 7) is 19.9. The molecule has 1 heterocycles. The third-order valence-corrected chi connectivity index (χ3v) is 17.5. The Bertz CT molecular complexity index is 1620. The van der Waals surface area contributed by atoms with E-state index in [1.165, 1.54) is 36.8 Å². The van der Waals surface area contributed by atoms with Crippen LogP contribution >= 0.6 is 0 Å². The van der Waals surface area contributed by atoms with Gasteiger partial charge in [-0.3, -0.25) is 0 Å². The molecule has 49 heavy (non-hydrogen) atoms. The van der Waals surface area contributed by atoms with Crippen LogP contribution in [0.15, 0.2) is 42.5 Å². The number of sulfone groups is 1. The van der Waals surface area contributed by atoms with Crippen LogP contribution in [0.1, 0.15) is 108 Å². The summed E-state index contributed by atoms with van der Waals surface area (Å²) in [5, 5.41) is 13.6. The highest BCUT2D eigenvalue weighted by Crippen LogP contribution is 2.73. The van der Waals surface area contributed by atoms with Crippen molar-refractivity contribution >= 4 is 21.4 Å². The minimum absolute atomic E-state index is 0.0294. The number of benzene rings is 1. The van der Waals surface area contributed by atoms with Crippen molar-refractivity contribution in [1.29, 1.82) is 0 Å². The van der Waals surface area contributed by atoms with Crippen molar-refractivity contribution < 1.29 is 18.3 Å². The van der Waals surface area contributed by atoms with Crippen molar-refractivity contribution in [3.63, 3.8) is 0 Å². The number of carboxylic acid groups (broad SMARTS) is 1. The molecule has 1 unspecified atom stereocenters. The number of carboxylic acids is 1. The van der Waals surface area contributed by atoms with Gasteiger partial charge < -0.3 is 21.1 Å². The maximum atomic E-state index is 12.0. The van der Waals surface area contributed by atoms with E-state index in [4.69, 9.17) is 5.73 Å². The quantitative estimate of drug-likeness (QED) is 0.270. The van der Waals surface area contributed by atoms with Crippen LogP contribution in [0.3, 0.4) is 0 Å². The zero-order valence-corrected chi connectivity index (χ0v) is 31.5.